The number of thiazole rings is 1. The highest BCUT2D eigenvalue weighted by Crippen LogP contribution is 2.31. The fraction of sp³-hybridized carbons (Fsp3) is 0.143. The molecule has 3 rings (SSSR count). The lowest BCUT2D eigenvalue weighted by atomic mass is 10.0. The van der Waals surface area contributed by atoms with Crippen LogP contribution in [0.25, 0.3) is 22.9 Å². The van der Waals surface area contributed by atoms with Crippen molar-refractivity contribution >= 4 is 23.0 Å². The first kappa shape index (κ1) is 17.7. The Bertz CT molecular complexity index is 1030. The molecular formula is C21H18N2O2S. The molecule has 0 bridgehead atoms. The number of hydrogen-bond acceptors (Lipinski definition) is 5. The molecule has 1 N–H and O–H groups in total. The normalized spacial score (nSPS) is 11.2. The Morgan fingerprint density at radius 2 is 2.04 bits per heavy atom. The number of nitriles is 1. The van der Waals surface area contributed by atoms with E-state index in [0.717, 1.165) is 22.4 Å². The molecule has 5 heteroatoms. The van der Waals surface area contributed by atoms with Crippen LogP contribution in [0.4, 0.5) is 0 Å². The molecular weight excluding hydrogens is 344 g/mol. The molecule has 0 saturated heterocycles. The summed E-state index contributed by atoms with van der Waals surface area (Å²) in [6, 6.07) is 13.4. The van der Waals surface area contributed by atoms with Crippen molar-refractivity contribution in [3.05, 3.63) is 63.5 Å². The van der Waals surface area contributed by atoms with Gasteiger partial charge in [0.25, 0.3) is 0 Å². The maximum atomic E-state index is 9.70. The molecule has 26 heavy (non-hydrogen) atoms. The second-order valence-corrected chi connectivity index (χ2v) is 6.82. The number of hydrogen-bond donors (Lipinski definition) is 1. The molecule has 0 amide bonds. The monoisotopic (exact) mass is 362 g/mol. The van der Waals surface area contributed by atoms with E-state index in [1.165, 1.54) is 24.0 Å². The number of nitrogens with zero attached hydrogens (tertiary/aromatic N) is 2. The summed E-state index contributed by atoms with van der Waals surface area (Å²) < 4.78 is 5.12. The summed E-state index contributed by atoms with van der Waals surface area (Å²) in [4.78, 5) is 4.65. The zero-order chi connectivity index (χ0) is 18.7. The Morgan fingerprint density at radius 1 is 1.23 bits per heavy atom. The molecule has 1 aromatic heterocycles. The predicted molar refractivity (Wildman–Crippen MR) is 105 cm³/mol. The molecule has 0 spiro atoms. The van der Waals surface area contributed by atoms with Crippen molar-refractivity contribution in [3.8, 4) is 28.8 Å². The second kappa shape index (κ2) is 7.42. The fourth-order valence-electron chi connectivity index (χ4n) is 2.71. The molecule has 0 aliphatic heterocycles. The molecule has 3 aromatic rings. The zero-order valence-electron chi connectivity index (χ0n) is 14.8. The summed E-state index contributed by atoms with van der Waals surface area (Å²) in [7, 11) is 1.49. The number of allylic oxidation sites excluding steroid dienone is 1. The SMILES string of the molecule is COc1cc(C=C(C#N)c2nc(-c3ccc(C)cc3C)cs2)ccc1O. The summed E-state index contributed by atoms with van der Waals surface area (Å²) in [5.41, 5.74) is 5.54. The second-order valence-electron chi connectivity index (χ2n) is 5.96. The average Bonchev–Trinajstić information content (AvgIpc) is 3.10. The molecule has 4 nitrogen and oxygen atoms in total. The molecule has 1 heterocycles. The molecule has 2 aromatic carbocycles. The van der Waals surface area contributed by atoms with Crippen LogP contribution in [0, 0.1) is 25.2 Å². The fourth-order valence-corrected chi connectivity index (χ4v) is 3.50. The van der Waals surface area contributed by atoms with Gasteiger partial charge in [-0.1, -0.05) is 29.8 Å². The van der Waals surface area contributed by atoms with Crippen LogP contribution in [0.15, 0.2) is 41.8 Å². The Balaban J connectivity index is 1.97. The number of benzene rings is 2. The van der Waals surface area contributed by atoms with Crippen LogP contribution < -0.4 is 4.74 Å². The number of aromatic nitrogens is 1. The number of aromatic hydroxyl groups is 1. The quantitative estimate of drug-likeness (QED) is 0.647. The van der Waals surface area contributed by atoms with Crippen molar-refractivity contribution in [2.24, 2.45) is 0 Å². The highest BCUT2D eigenvalue weighted by atomic mass is 32.1. The minimum Gasteiger partial charge on any atom is -0.504 e. The van der Waals surface area contributed by atoms with Crippen molar-refractivity contribution < 1.29 is 9.84 Å². The first-order valence-electron chi connectivity index (χ1n) is 8.04. The smallest absolute Gasteiger partial charge is 0.161 e. The molecule has 0 unspecified atom stereocenters. The zero-order valence-corrected chi connectivity index (χ0v) is 15.6. The summed E-state index contributed by atoms with van der Waals surface area (Å²) in [5, 5.41) is 21.9. The molecule has 0 fully saturated rings. The molecule has 0 radical (unpaired) electrons. The first-order chi connectivity index (χ1) is 12.5. The van der Waals surface area contributed by atoms with Gasteiger partial charge < -0.3 is 9.84 Å². The largest absolute Gasteiger partial charge is 0.504 e. The first-order valence-corrected chi connectivity index (χ1v) is 8.92. The summed E-state index contributed by atoms with van der Waals surface area (Å²) in [6.07, 6.45) is 1.74. The highest BCUT2D eigenvalue weighted by molar-refractivity contribution is 7.11. The Morgan fingerprint density at radius 3 is 2.73 bits per heavy atom. The number of rotatable bonds is 4. The van der Waals surface area contributed by atoms with E-state index in [4.69, 9.17) is 4.74 Å². The summed E-state index contributed by atoms with van der Waals surface area (Å²) in [5.74, 6) is 0.431. The van der Waals surface area contributed by atoms with E-state index < -0.39 is 0 Å². The van der Waals surface area contributed by atoms with E-state index in [2.05, 4.69) is 43.1 Å². The van der Waals surface area contributed by atoms with Crippen molar-refractivity contribution in [1.29, 1.82) is 5.26 Å². The van der Waals surface area contributed by atoms with Crippen LogP contribution in [0.5, 0.6) is 11.5 Å². The Hall–Kier alpha value is -3.10. The maximum absolute atomic E-state index is 9.70. The van der Waals surface area contributed by atoms with Crippen LogP contribution in [0.3, 0.4) is 0 Å². The van der Waals surface area contributed by atoms with E-state index in [0.29, 0.717) is 16.3 Å². The Labute approximate surface area is 156 Å². The summed E-state index contributed by atoms with van der Waals surface area (Å²) in [6.45, 7) is 4.12. The van der Waals surface area contributed by atoms with Crippen LogP contribution in [-0.4, -0.2) is 17.2 Å². The lowest BCUT2D eigenvalue weighted by Crippen LogP contribution is -1.87. The van der Waals surface area contributed by atoms with Gasteiger partial charge in [0, 0.05) is 10.9 Å². The Kier molecular flexibility index (Phi) is 5.06. The lowest BCUT2D eigenvalue weighted by Gasteiger charge is -2.04. The maximum Gasteiger partial charge on any atom is 0.161 e. The van der Waals surface area contributed by atoms with Gasteiger partial charge in [-0.05, 0) is 43.2 Å². The van der Waals surface area contributed by atoms with Crippen LogP contribution in [-0.2, 0) is 0 Å². The van der Waals surface area contributed by atoms with Gasteiger partial charge in [-0.2, -0.15) is 5.26 Å². The van der Waals surface area contributed by atoms with Crippen LogP contribution in [0.1, 0.15) is 21.7 Å². The van der Waals surface area contributed by atoms with E-state index >= 15 is 0 Å². The average molecular weight is 362 g/mol. The lowest BCUT2D eigenvalue weighted by molar-refractivity contribution is 0.373. The molecule has 0 aliphatic carbocycles. The van der Waals surface area contributed by atoms with E-state index in [9.17, 15) is 10.4 Å². The van der Waals surface area contributed by atoms with E-state index in [1.54, 1.807) is 24.3 Å². The number of methoxy groups -OCH3 is 1. The van der Waals surface area contributed by atoms with E-state index in [1.807, 2.05) is 5.38 Å². The topological polar surface area (TPSA) is 66.1 Å². The number of phenols is 1. The van der Waals surface area contributed by atoms with Gasteiger partial charge in [0.05, 0.1) is 18.4 Å². The van der Waals surface area contributed by atoms with Crippen LogP contribution in [0.2, 0.25) is 0 Å². The third-order valence-electron chi connectivity index (χ3n) is 4.03. The highest BCUT2D eigenvalue weighted by Gasteiger charge is 2.11. The molecule has 0 saturated carbocycles. The number of aryl methyl sites for hydroxylation is 2. The van der Waals surface area contributed by atoms with Crippen molar-refractivity contribution in [3.63, 3.8) is 0 Å². The minimum atomic E-state index is 0.0644. The van der Waals surface area contributed by atoms with Crippen LogP contribution >= 0.6 is 11.3 Å². The van der Waals surface area contributed by atoms with Gasteiger partial charge >= 0.3 is 0 Å². The predicted octanol–water partition coefficient (Wildman–Crippen LogP) is 5.21. The number of ether oxygens (including phenoxy) is 1. The van der Waals surface area contributed by atoms with Gasteiger partial charge in [-0.15, -0.1) is 11.3 Å². The van der Waals surface area contributed by atoms with Gasteiger partial charge in [-0.3, -0.25) is 0 Å². The third-order valence-corrected chi connectivity index (χ3v) is 4.90. The van der Waals surface area contributed by atoms with Crippen molar-refractivity contribution in [2.75, 3.05) is 7.11 Å². The minimum absolute atomic E-state index is 0.0644. The standard InChI is InChI=1S/C21H18N2O2S/c1-13-4-6-17(14(2)8-13)18-12-26-21(23-18)16(11-22)9-15-5-7-19(24)20(10-15)25-3/h4-10,12,24H,1-3H3. The van der Waals surface area contributed by atoms with Crippen molar-refractivity contribution in [2.45, 2.75) is 13.8 Å². The van der Waals surface area contributed by atoms with Crippen molar-refractivity contribution in [1.82, 2.24) is 4.98 Å². The van der Waals surface area contributed by atoms with Gasteiger partial charge in [0.2, 0.25) is 0 Å². The molecule has 130 valence electrons. The van der Waals surface area contributed by atoms with E-state index in [-0.39, 0.29) is 5.75 Å². The molecule has 0 aliphatic rings. The summed E-state index contributed by atoms with van der Waals surface area (Å²) >= 11 is 1.44. The molecule has 0 atom stereocenters. The third kappa shape index (κ3) is 3.61. The van der Waals surface area contributed by atoms with Gasteiger partial charge in [0.1, 0.15) is 11.1 Å². The van der Waals surface area contributed by atoms with Gasteiger partial charge in [0.15, 0.2) is 11.5 Å². The number of phenolic OH excluding ortho intramolecular Hbond substituents is 1. The van der Waals surface area contributed by atoms with Gasteiger partial charge in [-0.25, -0.2) is 4.98 Å².